The van der Waals surface area contributed by atoms with Gasteiger partial charge in [-0.15, -0.1) is 0 Å². The highest BCUT2D eigenvalue weighted by Crippen LogP contribution is 2.39. The van der Waals surface area contributed by atoms with Crippen LogP contribution < -0.4 is 0 Å². The Morgan fingerprint density at radius 3 is 2.08 bits per heavy atom. The first-order valence-corrected chi connectivity index (χ1v) is 8.38. The molecular weight excluding hydrogens is 324 g/mol. The summed E-state index contributed by atoms with van der Waals surface area (Å²) in [7, 11) is 0. The SMILES string of the molecule is Cc1ccc(C(=O)OC2=C(c3ccccc3)C(=O)c3ccccc32)cc1. The number of allylic oxidation sites excluding steroid dienone is 1. The van der Waals surface area contributed by atoms with Gasteiger partial charge in [-0.25, -0.2) is 4.79 Å². The average molecular weight is 340 g/mol. The fourth-order valence-corrected chi connectivity index (χ4v) is 3.07. The van der Waals surface area contributed by atoms with E-state index >= 15 is 0 Å². The minimum Gasteiger partial charge on any atom is -0.421 e. The van der Waals surface area contributed by atoms with Crippen molar-refractivity contribution in [3.8, 4) is 0 Å². The number of hydrogen-bond donors (Lipinski definition) is 0. The van der Waals surface area contributed by atoms with E-state index in [0.717, 1.165) is 11.1 Å². The zero-order valence-corrected chi connectivity index (χ0v) is 14.2. The summed E-state index contributed by atoms with van der Waals surface area (Å²) in [5.41, 5.74) is 3.88. The molecule has 3 heteroatoms. The molecule has 0 aliphatic heterocycles. The second-order valence-electron chi connectivity index (χ2n) is 6.20. The zero-order chi connectivity index (χ0) is 18.1. The van der Waals surface area contributed by atoms with Crippen LogP contribution in [-0.4, -0.2) is 11.8 Å². The van der Waals surface area contributed by atoms with E-state index in [9.17, 15) is 9.59 Å². The molecule has 1 aliphatic rings. The number of ether oxygens (including phenoxy) is 1. The maximum atomic E-state index is 12.9. The molecule has 0 aromatic heterocycles. The molecule has 0 heterocycles. The third-order valence-electron chi connectivity index (χ3n) is 4.41. The van der Waals surface area contributed by atoms with E-state index < -0.39 is 5.97 Å². The lowest BCUT2D eigenvalue weighted by Gasteiger charge is -2.09. The number of Topliss-reactive ketones (excluding diaryl/α,β-unsaturated/α-hetero) is 1. The third kappa shape index (κ3) is 2.74. The molecule has 0 bridgehead atoms. The smallest absolute Gasteiger partial charge is 0.343 e. The van der Waals surface area contributed by atoms with Crippen molar-refractivity contribution in [2.24, 2.45) is 0 Å². The van der Waals surface area contributed by atoms with Crippen LogP contribution >= 0.6 is 0 Å². The van der Waals surface area contributed by atoms with Crippen LogP contribution in [0.2, 0.25) is 0 Å². The fourth-order valence-electron chi connectivity index (χ4n) is 3.07. The Bertz CT molecular complexity index is 1030. The van der Waals surface area contributed by atoms with E-state index in [-0.39, 0.29) is 5.78 Å². The molecule has 0 fully saturated rings. The monoisotopic (exact) mass is 340 g/mol. The van der Waals surface area contributed by atoms with Crippen LogP contribution in [0, 0.1) is 6.92 Å². The molecule has 0 saturated heterocycles. The number of benzene rings is 3. The summed E-state index contributed by atoms with van der Waals surface area (Å²) in [5.74, 6) is -0.279. The number of fused-ring (bicyclic) bond motifs is 1. The van der Waals surface area contributed by atoms with Crippen molar-refractivity contribution in [3.63, 3.8) is 0 Å². The third-order valence-corrected chi connectivity index (χ3v) is 4.41. The number of hydrogen-bond acceptors (Lipinski definition) is 3. The van der Waals surface area contributed by atoms with E-state index in [1.54, 1.807) is 24.3 Å². The molecule has 0 N–H and O–H groups in total. The standard InChI is InChI=1S/C23H16O3/c1-15-11-13-17(14-12-15)23(25)26-22-19-10-6-5-9-18(19)21(24)20(22)16-7-3-2-4-8-16/h2-14H,1H3. The molecule has 3 nitrogen and oxygen atoms in total. The fraction of sp³-hybridized carbons (Fsp3) is 0.0435. The Morgan fingerprint density at radius 2 is 1.38 bits per heavy atom. The summed E-state index contributed by atoms with van der Waals surface area (Å²) in [4.78, 5) is 25.6. The van der Waals surface area contributed by atoms with Crippen LogP contribution in [0.1, 0.15) is 37.4 Å². The molecule has 0 amide bonds. The van der Waals surface area contributed by atoms with E-state index in [2.05, 4.69) is 0 Å². The molecule has 126 valence electrons. The van der Waals surface area contributed by atoms with Gasteiger partial charge in [0, 0.05) is 11.1 Å². The van der Waals surface area contributed by atoms with Crippen molar-refractivity contribution in [2.75, 3.05) is 0 Å². The first-order chi connectivity index (χ1) is 12.6. The van der Waals surface area contributed by atoms with Gasteiger partial charge in [-0.2, -0.15) is 0 Å². The minimum absolute atomic E-state index is 0.126. The van der Waals surface area contributed by atoms with Gasteiger partial charge in [0.1, 0.15) is 0 Å². The van der Waals surface area contributed by atoms with E-state index in [1.165, 1.54) is 0 Å². The zero-order valence-electron chi connectivity index (χ0n) is 14.2. The summed E-state index contributed by atoms with van der Waals surface area (Å²) in [6, 6.07) is 23.7. The van der Waals surface area contributed by atoms with Crippen LogP contribution in [0.5, 0.6) is 0 Å². The van der Waals surface area contributed by atoms with Crippen molar-refractivity contribution in [1.29, 1.82) is 0 Å². The van der Waals surface area contributed by atoms with Crippen LogP contribution in [-0.2, 0) is 4.74 Å². The highest BCUT2D eigenvalue weighted by atomic mass is 16.5. The summed E-state index contributed by atoms with van der Waals surface area (Å²) >= 11 is 0. The molecule has 0 unspecified atom stereocenters. The lowest BCUT2D eigenvalue weighted by Crippen LogP contribution is -2.05. The van der Waals surface area contributed by atoms with Gasteiger partial charge in [0.05, 0.1) is 11.1 Å². The first kappa shape index (κ1) is 16.0. The first-order valence-electron chi connectivity index (χ1n) is 8.38. The molecule has 3 aromatic carbocycles. The summed E-state index contributed by atoms with van der Waals surface area (Å²) in [6.45, 7) is 1.96. The molecule has 0 saturated carbocycles. The molecule has 0 radical (unpaired) electrons. The number of ketones is 1. The van der Waals surface area contributed by atoms with Gasteiger partial charge < -0.3 is 4.74 Å². The van der Waals surface area contributed by atoms with Crippen LogP contribution in [0.25, 0.3) is 11.3 Å². The predicted molar refractivity (Wildman–Crippen MR) is 101 cm³/mol. The molecule has 3 aromatic rings. The Balaban J connectivity index is 1.81. The Morgan fingerprint density at radius 1 is 0.769 bits per heavy atom. The largest absolute Gasteiger partial charge is 0.421 e. The maximum Gasteiger partial charge on any atom is 0.343 e. The Hall–Kier alpha value is -3.46. The van der Waals surface area contributed by atoms with Crippen molar-refractivity contribution < 1.29 is 14.3 Å². The number of aryl methyl sites for hydroxylation is 1. The normalized spacial score (nSPS) is 12.9. The van der Waals surface area contributed by atoms with Gasteiger partial charge in [-0.3, -0.25) is 4.79 Å². The molecule has 0 spiro atoms. The second kappa shape index (κ2) is 6.45. The van der Waals surface area contributed by atoms with E-state index in [4.69, 9.17) is 4.74 Å². The molecule has 4 rings (SSSR count). The van der Waals surface area contributed by atoms with E-state index in [1.807, 2.05) is 61.5 Å². The van der Waals surface area contributed by atoms with Gasteiger partial charge in [0.15, 0.2) is 11.5 Å². The average Bonchev–Trinajstić information content (AvgIpc) is 2.95. The lowest BCUT2D eigenvalue weighted by molar-refractivity contribution is 0.0693. The maximum absolute atomic E-state index is 12.9. The van der Waals surface area contributed by atoms with Gasteiger partial charge >= 0.3 is 5.97 Å². The number of carbonyl (C=O) groups excluding carboxylic acids is 2. The van der Waals surface area contributed by atoms with Crippen molar-refractivity contribution >= 4 is 23.1 Å². The van der Waals surface area contributed by atoms with E-state index in [0.29, 0.717) is 28.0 Å². The quantitative estimate of drug-likeness (QED) is 0.636. The molecule has 0 atom stereocenters. The van der Waals surface area contributed by atoms with Crippen molar-refractivity contribution in [1.82, 2.24) is 0 Å². The molecular formula is C23H16O3. The molecule has 1 aliphatic carbocycles. The van der Waals surface area contributed by atoms with Gasteiger partial charge in [-0.05, 0) is 24.6 Å². The minimum atomic E-state index is -0.474. The highest BCUT2D eigenvalue weighted by Gasteiger charge is 2.33. The van der Waals surface area contributed by atoms with Gasteiger partial charge in [0.25, 0.3) is 0 Å². The van der Waals surface area contributed by atoms with Crippen LogP contribution in [0.3, 0.4) is 0 Å². The topological polar surface area (TPSA) is 43.4 Å². The van der Waals surface area contributed by atoms with Gasteiger partial charge in [0.2, 0.25) is 0 Å². The van der Waals surface area contributed by atoms with Crippen molar-refractivity contribution in [3.05, 3.63) is 107 Å². The molecule has 26 heavy (non-hydrogen) atoms. The van der Waals surface area contributed by atoms with Crippen LogP contribution in [0.4, 0.5) is 0 Å². The summed E-state index contributed by atoms with van der Waals surface area (Å²) in [5, 5.41) is 0. The van der Waals surface area contributed by atoms with Crippen LogP contribution in [0.15, 0.2) is 78.9 Å². The highest BCUT2D eigenvalue weighted by molar-refractivity contribution is 6.39. The Kier molecular flexibility index (Phi) is 3.98. The number of esters is 1. The second-order valence-corrected chi connectivity index (χ2v) is 6.20. The lowest BCUT2D eigenvalue weighted by atomic mass is 10.0. The number of carbonyl (C=O) groups is 2. The van der Waals surface area contributed by atoms with Gasteiger partial charge in [-0.1, -0.05) is 72.3 Å². The predicted octanol–water partition coefficient (Wildman–Crippen LogP) is 4.92. The summed E-state index contributed by atoms with van der Waals surface area (Å²) < 4.78 is 5.72. The van der Waals surface area contributed by atoms with Crippen molar-refractivity contribution in [2.45, 2.75) is 6.92 Å². The summed E-state index contributed by atoms with van der Waals surface area (Å²) in [6.07, 6.45) is 0. The Labute approximate surface area is 151 Å². The number of rotatable bonds is 3.